The summed E-state index contributed by atoms with van der Waals surface area (Å²) in [6.07, 6.45) is 0.538. The van der Waals surface area contributed by atoms with Gasteiger partial charge in [-0.05, 0) is 44.9 Å². The Labute approximate surface area is 130 Å². The van der Waals surface area contributed by atoms with Crippen molar-refractivity contribution in [3.63, 3.8) is 0 Å². The van der Waals surface area contributed by atoms with Gasteiger partial charge in [0.25, 0.3) is 0 Å². The van der Waals surface area contributed by atoms with Crippen LogP contribution in [-0.4, -0.2) is 16.3 Å². The van der Waals surface area contributed by atoms with Crippen LogP contribution in [-0.2, 0) is 11.2 Å². The van der Waals surface area contributed by atoms with Crippen molar-refractivity contribution in [2.24, 2.45) is 0 Å². The SMILES string of the molecule is Cc1ccc(S[C@@H](Cc2cc(C)cc(C)c2)C(=O)O)cc1. The largest absolute Gasteiger partial charge is 0.480 e. The van der Waals surface area contributed by atoms with E-state index in [2.05, 4.69) is 18.2 Å². The number of carboxylic acids is 1. The molecule has 21 heavy (non-hydrogen) atoms. The Kier molecular flexibility index (Phi) is 5.07. The molecule has 0 radical (unpaired) electrons. The zero-order valence-corrected chi connectivity index (χ0v) is 13.4. The van der Waals surface area contributed by atoms with E-state index in [1.807, 2.05) is 45.0 Å². The Morgan fingerprint density at radius 3 is 2.10 bits per heavy atom. The van der Waals surface area contributed by atoms with Crippen LogP contribution in [0.1, 0.15) is 22.3 Å². The van der Waals surface area contributed by atoms with E-state index in [1.54, 1.807) is 0 Å². The van der Waals surface area contributed by atoms with E-state index in [-0.39, 0.29) is 0 Å². The molecule has 0 unspecified atom stereocenters. The quantitative estimate of drug-likeness (QED) is 0.832. The molecule has 0 amide bonds. The smallest absolute Gasteiger partial charge is 0.317 e. The minimum Gasteiger partial charge on any atom is -0.480 e. The molecule has 0 aromatic heterocycles. The Morgan fingerprint density at radius 1 is 1.00 bits per heavy atom. The molecule has 0 fully saturated rings. The maximum atomic E-state index is 11.5. The van der Waals surface area contributed by atoms with Crippen LogP contribution in [0.3, 0.4) is 0 Å². The van der Waals surface area contributed by atoms with Gasteiger partial charge < -0.3 is 5.11 Å². The second-order valence-corrected chi connectivity index (χ2v) is 6.73. The third-order valence-electron chi connectivity index (χ3n) is 3.28. The summed E-state index contributed by atoms with van der Waals surface area (Å²) >= 11 is 1.41. The number of aliphatic carboxylic acids is 1. The maximum absolute atomic E-state index is 11.5. The minimum absolute atomic E-state index is 0.464. The maximum Gasteiger partial charge on any atom is 0.317 e. The zero-order chi connectivity index (χ0) is 15.4. The van der Waals surface area contributed by atoms with Gasteiger partial charge >= 0.3 is 5.97 Å². The molecule has 110 valence electrons. The lowest BCUT2D eigenvalue weighted by molar-refractivity contribution is -0.136. The van der Waals surface area contributed by atoms with Crippen molar-refractivity contribution in [1.29, 1.82) is 0 Å². The minimum atomic E-state index is -0.764. The van der Waals surface area contributed by atoms with Crippen LogP contribution >= 0.6 is 11.8 Å². The Bertz CT molecular complexity index is 612. The molecule has 0 saturated carbocycles. The second kappa shape index (κ2) is 6.81. The van der Waals surface area contributed by atoms with Crippen molar-refractivity contribution < 1.29 is 9.90 Å². The molecular formula is C18H20O2S. The van der Waals surface area contributed by atoms with Crippen molar-refractivity contribution in [3.05, 3.63) is 64.7 Å². The van der Waals surface area contributed by atoms with E-state index in [1.165, 1.54) is 28.5 Å². The molecule has 1 N–H and O–H groups in total. The van der Waals surface area contributed by atoms with Crippen LogP contribution in [0.4, 0.5) is 0 Å². The first-order valence-corrected chi connectivity index (χ1v) is 7.85. The standard InChI is InChI=1S/C18H20O2S/c1-12-4-6-16(7-5-12)21-17(18(19)20)11-15-9-13(2)8-14(3)10-15/h4-10,17H,11H2,1-3H3,(H,19,20)/t17-/m0/s1. The number of rotatable bonds is 5. The van der Waals surface area contributed by atoms with Crippen molar-refractivity contribution >= 4 is 17.7 Å². The highest BCUT2D eigenvalue weighted by atomic mass is 32.2. The van der Waals surface area contributed by atoms with Crippen molar-refractivity contribution in [1.82, 2.24) is 0 Å². The van der Waals surface area contributed by atoms with Crippen LogP contribution in [0.2, 0.25) is 0 Å². The van der Waals surface area contributed by atoms with E-state index in [0.717, 1.165) is 10.5 Å². The van der Waals surface area contributed by atoms with Gasteiger partial charge in [0, 0.05) is 4.90 Å². The molecule has 3 heteroatoms. The van der Waals surface area contributed by atoms with Gasteiger partial charge in [0.15, 0.2) is 0 Å². The van der Waals surface area contributed by atoms with Gasteiger partial charge in [-0.2, -0.15) is 0 Å². The molecule has 2 rings (SSSR count). The van der Waals surface area contributed by atoms with Crippen LogP contribution in [0.25, 0.3) is 0 Å². The van der Waals surface area contributed by atoms with E-state index >= 15 is 0 Å². The van der Waals surface area contributed by atoms with Crippen LogP contribution in [0.5, 0.6) is 0 Å². The van der Waals surface area contributed by atoms with E-state index in [4.69, 9.17) is 0 Å². The van der Waals surface area contributed by atoms with Gasteiger partial charge in [-0.25, -0.2) is 0 Å². The Balaban J connectivity index is 2.15. The summed E-state index contributed by atoms with van der Waals surface area (Å²) in [5.74, 6) is -0.764. The molecule has 0 saturated heterocycles. The lowest BCUT2D eigenvalue weighted by Gasteiger charge is -2.13. The van der Waals surface area contributed by atoms with Crippen LogP contribution in [0, 0.1) is 20.8 Å². The molecule has 2 aromatic carbocycles. The average molecular weight is 300 g/mol. The molecule has 2 aromatic rings. The fraction of sp³-hybridized carbons (Fsp3) is 0.278. The summed E-state index contributed by atoms with van der Waals surface area (Å²) in [6.45, 7) is 6.11. The Hall–Kier alpha value is -1.74. The molecule has 2 nitrogen and oxygen atoms in total. The Morgan fingerprint density at radius 2 is 1.57 bits per heavy atom. The summed E-state index contributed by atoms with van der Waals surface area (Å²) in [5.41, 5.74) is 4.61. The summed E-state index contributed by atoms with van der Waals surface area (Å²) in [6, 6.07) is 14.2. The van der Waals surface area contributed by atoms with E-state index < -0.39 is 11.2 Å². The molecule has 0 spiro atoms. The van der Waals surface area contributed by atoms with Crippen molar-refractivity contribution in [2.45, 2.75) is 37.3 Å². The third kappa shape index (κ3) is 4.64. The van der Waals surface area contributed by atoms with Gasteiger partial charge in [0.05, 0.1) is 0 Å². The topological polar surface area (TPSA) is 37.3 Å². The lowest BCUT2D eigenvalue weighted by atomic mass is 10.0. The predicted octanol–water partition coefficient (Wildman–Crippen LogP) is 4.40. The van der Waals surface area contributed by atoms with E-state index in [9.17, 15) is 9.90 Å². The number of carboxylic acid groups (broad SMARTS) is 1. The molecule has 0 aliphatic heterocycles. The number of benzene rings is 2. The summed E-state index contributed by atoms with van der Waals surface area (Å²) in [4.78, 5) is 12.5. The van der Waals surface area contributed by atoms with Crippen molar-refractivity contribution in [3.8, 4) is 0 Å². The van der Waals surface area contributed by atoms with Gasteiger partial charge in [-0.15, -0.1) is 11.8 Å². The fourth-order valence-electron chi connectivity index (χ4n) is 2.36. The predicted molar refractivity (Wildman–Crippen MR) is 88.1 cm³/mol. The molecule has 0 bridgehead atoms. The van der Waals surface area contributed by atoms with E-state index in [0.29, 0.717) is 6.42 Å². The number of thioether (sulfide) groups is 1. The highest BCUT2D eigenvalue weighted by Gasteiger charge is 2.19. The number of hydrogen-bond donors (Lipinski definition) is 1. The summed E-state index contributed by atoms with van der Waals surface area (Å²) < 4.78 is 0. The second-order valence-electron chi connectivity index (χ2n) is 5.46. The summed E-state index contributed by atoms with van der Waals surface area (Å²) in [5, 5.41) is 9.00. The zero-order valence-electron chi connectivity index (χ0n) is 12.6. The average Bonchev–Trinajstić information content (AvgIpc) is 2.39. The lowest BCUT2D eigenvalue weighted by Crippen LogP contribution is -2.19. The first-order chi connectivity index (χ1) is 9.94. The number of aryl methyl sites for hydroxylation is 3. The fourth-order valence-corrected chi connectivity index (χ4v) is 3.36. The van der Waals surface area contributed by atoms with Gasteiger partial charge in [-0.3, -0.25) is 4.79 Å². The highest BCUT2D eigenvalue weighted by Crippen LogP contribution is 2.27. The monoisotopic (exact) mass is 300 g/mol. The van der Waals surface area contributed by atoms with Crippen LogP contribution in [0.15, 0.2) is 47.4 Å². The normalized spacial score (nSPS) is 12.1. The van der Waals surface area contributed by atoms with Gasteiger partial charge in [0.2, 0.25) is 0 Å². The summed E-state index contributed by atoms with van der Waals surface area (Å²) in [7, 11) is 0. The number of carbonyl (C=O) groups is 1. The molecule has 1 atom stereocenters. The third-order valence-corrected chi connectivity index (χ3v) is 4.47. The molecule has 0 aliphatic rings. The number of hydrogen-bond acceptors (Lipinski definition) is 2. The first-order valence-electron chi connectivity index (χ1n) is 6.97. The first kappa shape index (κ1) is 15.6. The molecular weight excluding hydrogens is 280 g/mol. The molecule has 0 aliphatic carbocycles. The van der Waals surface area contributed by atoms with Gasteiger partial charge in [-0.1, -0.05) is 47.0 Å². The van der Waals surface area contributed by atoms with Crippen molar-refractivity contribution in [2.75, 3.05) is 0 Å². The highest BCUT2D eigenvalue weighted by molar-refractivity contribution is 8.00. The van der Waals surface area contributed by atoms with Gasteiger partial charge in [0.1, 0.15) is 5.25 Å². The molecule has 0 heterocycles. The van der Waals surface area contributed by atoms with Crippen LogP contribution < -0.4 is 0 Å².